The van der Waals surface area contributed by atoms with Gasteiger partial charge in [-0.3, -0.25) is 4.98 Å². The molecule has 1 aromatic heterocycles. The van der Waals surface area contributed by atoms with E-state index in [2.05, 4.69) is 4.98 Å². The maximum Gasteiger partial charge on any atom is 0.129 e. The van der Waals surface area contributed by atoms with Crippen LogP contribution in [0.3, 0.4) is 0 Å². The molecule has 4 nitrogen and oxygen atoms in total. The van der Waals surface area contributed by atoms with E-state index in [0.29, 0.717) is 17.2 Å². The summed E-state index contributed by atoms with van der Waals surface area (Å²) in [6.07, 6.45) is 4.31. The molecule has 0 saturated carbocycles. The van der Waals surface area contributed by atoms with Gasteiger partial charge in [-0.15, -0.1) is 0 Å². The largest absolute Gasteiger partial charge is 0.496 e. The zero-order valence-corrected chi connectivity index (χ0v) is 11.5. The Kier molecular flexibility index (Phi) is 4.74. The first-order chi connectivity index (χ1) is 9.76. The molecule has 0 aliphatic rings. The minimum Gasteiger partial charge on any atom is -0.496 e. The number of pyridine rings is 1. The molecule has 0 aliphatic heterocycles. The Balaban J connectivity index is 2.27. The van der Waals surface area contributed by atoms with Gasteiger partial charge in [0, 0.05) is 6.20 Å². The first-order valence-electron chi connectivity index (χ1n) is 6.24. The lowest BCUT2D eigenvalue weighted by atomic mass is 10.1. The zero-order chi connectivity index (χ0) is 14.4. The highest BCUT2D eigenvalue weighted by Crippen LogP contribution is 2.30. The summed E-state index contributed by atoms with van der Waals surface area (Å²) < 4.78 is 10.6. The third-order valence-corrected chi connectivity index (χ3v) is 2.90. The van der Waals surface area contributed by atoms with Crippen LogP contribution in [0.15, 0.2) is 48.7 Å². The van der Waals surface area contributed by atoms with Gasteiger partial charge in [-0.05, 0) is 36.4 Å². The van der Waals surface area contributed by atoms with Crippen LogP contribution in [0.2, 0.25) is 0 Å². The molecule has 104 valence electrons. The maximum atomic E-state index is 10.1. The number of hydrogen-bond donors (Lipinski definition) is 1. The van der Waals surface area contributed by atoms with E-state index in [1.807, 2.05) is 30.3 Å². The van der Waals surface area contributed by atoms with Crippen molar-refractivity contribution in [3.63, 3.8) is 0 Å². The van der Waals surface area contributed by atoms with E-state index in [1.54, 1.807) is 38.6 Å². The zero-order valence-electron chi connectivity index (χ0n) is 11.5. The Morgan fingerprint density at radius 2 is 1.75 bits per heavy atom. The fourth-order valence-electron chi connectivity index (χ4n) is 1.88. The quantitative estimate of drug-likeness (QED) is 0.908. The molecule has 0 amide bonds. The molecule has 1 N–H and O–H groups in total. The van der Waals surface area contributed by atoms with Crippen molar-refractivity contribution in [1.29, 1.82) is 0 Å². The lowest BCUT2D eigenvalue weighted by Crippen LogP contribution is -1.96. The van der Waals surface area contributed by atoms with Crippen molar-refractivity contribution in [3.05, 3.63) is 59.9 Å². The molecule has 0 aliphatic carbocycles. The summed E-state index contributed by atoms with van der Waals surface area (Å²) in [6.45, 7) is 0. The molecular weight excluding hydrogens is 254 g/mol. The van der Waals surface area contributed by atoms with Crippen LogP contribution in [0.1, 0.15) is 17.4 Å². The average molecular weight is 271 g/mol. The van der Waals surface area contributed by atoms with Gasteiger partial charge in [0.2, 0.25) is 0 Å². The summed E-state index contributed by atoms with van der Waals surface area (Å²) >= 11 is 0. The number of rotatable bonds is 5. The Hall–Kier alpha value is -2.33. The van der Waals surface area contributed by atoms with Crippen LogP contribution in [-0.2, 0) is 0 Å². The van der Waals surface area contributed by atoms with Crippen molar-refractivity contribution in [3.8, 4) is 11.5 Å². The second-order valence-corrected chi connectivity index (χ2v) is 4.13. The number of aliphatic hydroxyl groups is 1. The average Bonchev–Trinajstić information content (AvgIpc) is 2.52. The Bertz CT molecular complexity index is 559. The Morgan fingerprint density at radius 3 is 2.30 bits per heavy atom. The van der Waals surface area contributed by atoms with Crippen molar-refractivity contribution < 1.29 is 14.6 Å². The van der Waals surface area contributed by atoms with Gasteiger partial charge >= 0.3 is 0 Å². The molecule has 0 radical (unpaired) electrons. The molecule has 1 aromatic carbocycles. The van der Waals surface area contributed by atoms with Crippen LogP contribution < -0.4 is 9.47 Å². The van der Waals surface area contributed by atoms with Crippen LogP contribution in [0, 0.1) is 0 Å². The summed E-state index contributed by atoms with van der Waals surface area (Å²) in [7, 11) is 3.20. The summed E-state index contributed by atoms with van der Waals surface area (Å²) in [5, 5.41) is 10.1. The van der Waals surface area contributed by atoms with E-state index >= 15 is 0 Å². The summed E-state index contributed by atoms with van der Waals surface area (Å²) in [6, 6.07) is 11.0. The van der Waals surface area contributed by atoms with Crippen molar-refractivity contribution in [2.24, 2.45) is 0 Å². The molecule has 2 aromatic rings. The van der Waals surface area contributed by atoms with Gasteiger partial charge in [0.15, 0.2) is 0 Å². The van der Waals surface area contributed by atoms with Crippen LogP contribution in [0.4, 0.5) is 0 Å². The van der Waals surface area contributed by atoms with Gasteiger partial charge in [-0.25, -0.2) is 0 Å². The predicted molar refractivity (Wildman–Crippen MR) is 77.8 cm³/mol. The minimum absolute atomic E-state index is 0.595. The number of benzene rings is 1. The van der Waals surface area contributed by atoms with Crippen molar-refractivity contribution in [2.75, 3.05) is 14.2 Å². The van der Waals surface area contributed by atoms with E-state index in [1.165, 1.54) is 0 Å². The maximum absolute atomic E-state index is 10.1. The predicted octanol–water partition coefficient (Wildman–Crippen LogP) is 2.85. The molecule has 0 saturated heterocycles. The summed E-state index contributed by atoms with van der Waals surface area (Å²) in [5.74, 6) is 1.38. The van der Waals surface area contributed by atoms with Gasteiger partial charge < -0.3 is 14.6 Å². The van der Waals surface area contributed by atoms with E-state index in [-0.39, 0.29) is 0 Å². The van der Waals surface area contributed by atoms with E-state index < -0.39 is 6.10 Å². The highest BCUT2D eigenvalue weighted by molar-refractivity contribution is 5.64. The third-order valence-electron chi connectivity index (χ3n) is 2.90. The van der Waals surface area contributed by atoms with E-state index in [9.17, 15) is 5.11 Å². The summed E-state index contributed by atoms with van der Waals surface area (Å²) in [4.78, 5) is 4.11. The lowest BCUT2D eigenvalue weighted by Gasteiger charge is -2.10. The molecule has 20 heavy (non-hydrogen) atoms. The van der Waals surface area contributed by atoms with Gasteiger partial charge in [0.25, 0.3) is 0 Å². The monoisotopic (exact) mass is 271 g/mol. The molecule has 1 atom stereocenters. The summed E-state index contributed by atoms with van der Waals surface area (Å²) in [5.41, 5.74) is 1.38. The number of aromatic nitrogens is 1. The minimum atomic E-state index is -0.772. The van der Waals surface area contributed by atoms with Crippen LogP contribution in [0.5, 0.6) is 11.5 Å². The highest BCUT2D eigenvalue weighted by Gasteiger charge is 2.08. The second-order valence-electron chi connectivity index (χ2n) is 4.13. The standard InChI is InChI=1S/C16H17NO3/c1-19-15-7-5-8-16(20-2)12(15)9-10-14(18)13-6-3-4-11-17-13/h3-11,14,18H,1-2H3/b10-9+/t14-/m1/s1. The third kappa shape index (κ3) is 3.16. The van der Waals surface area contributed by atoms with Crippen LogP contribution >= 0.6 is 0 Å². The van der Waals surface area contributed by atoms with Crippen molar-refractivity contribution in [2.45, 2.75) is 6.10 Å². The number of hydrogen-bond acceptors (Lipinski definition) is 4. The topological polar surface area (TPSA) is 51.6 Å². The number of aliphatic hydroxyl groups excluding tert-OH is 1. The second kappa shape index (κ2) is 6.73. The van der Waals surface area contributed by atoms with Gasteiger partial charge in [-0.2, -0.15) is 0 Å². The van der Waals surface area contributed by atoms with Crippen LogP contribution in [-0.4, -0.2) is 24.3 Å². The number of methoxy groups -OCH3 is 2. The molecule has 2 rings (SSSR count). The lowest BCUT2D eigenvalue weighted by molar-refractivity contribution is 0.224. The smallest absolute Gasteiger partial charge is 0.129 e. The number of nitrogens with zero attached hydrogens (tertiary/aromatic N) is 1. The number of ether oxygens (including phenoxy) is 2. The molecule has 4 heteroatoms. The molecule has 0 fully saturated rings. The first-order valence-corrected chi connectivity index (χ1v) is 6.24. The highest BCUT2D eigenvalue weighted by atomic mass is 16.5. The van der Waals surface area contributed by atoms with Crippen LogP contribution in [0.25, 0.3) is 6.08 Å². The molecule has 0 bridgehead atoms. The van der Waals surface area contributed by atoms with E-state index in [4.69, 9.17) is 9.47 Å². The van der Waals surface area contributed by atoms with Crippen molar-refractivity contribution in [1.82, 2.24) is 4.98 Å². The normalized spacial score (nSPS) is 12.3. The SMILES string of the molecule is COc1cccc(OC)c1/C=C/[C@@H](O)c1ccccn1. The van der Waals surface area contributed by atoms with Gasteiger partial charge in [-0.1, -0.05) is 12.1 Å². The Morgan fingerprint density at radius 1 is 1.05 bits per heavy atom. The fraction of sp³-hybridized carbons (Fsp3) is 0.188. The molecule has 0 spiro atoms. The van der Waals surface area contributed by atoms with E-state index in [0.717, 1.165) is 5.56 Å². The van der Waals surface area contributed by atoms with Gasteiger partial charge in [0.05, 0.1) is 25.5 Å². The Labute approximate surface area is 118 Å². The molecule has 0 unspecified atom stereocenters. The van der Waals surface area contributed by atoms with Gasteiger partial charge in [0.1, 0.15) is 17.6 Å². The molecular formula is C16H17NO3. The molecule has 1 heterocycles. The first kappa shape index (κ1) is 14.1. The van der Waals surface area contributed by atoms with Crippen molar-refractivity contribution >= 4 is 6.08 Å². The fourth-order valence-corrected chi connectivity index (χ4v) is 1.88.